The molecule has 0 amide bonds. The lowest BCUT2D eigenvalue weighted by Crippen LogP contribution is -2.33. The zero-order chi connectivity index (χ0) is 17.3. The van der Waals surface area contributed by atoms with Crippen LogP contribution in [0.1, 0.15) is 11.3 Å². The quantitative estimate of drug-likeness (QED) is 0.511. The Kier molecular flexibility index (Phi) is 5.77. The molecule has 2 aromatic heterocycles. The highest BCUT2D eigenvalue weighted by Crippen LogP contribution is 2.08. The second-order valence-corrected chi connectivity index (χ2v) is 5.63. The molecule has 6 heteroatoms. The highest BCUT2D eigenvalue weighted by molar-refractivity contribution is 5.77. The number of rotatable bonds is 7. The molecule has 0 atom stereocenters. The first-order valence-electron chi connectivity index (χ1n) is 8.34. The minimum atomic E-state index is 0.476. The summed E-state index contributed by atoms with van der Waals surface area (Å²) in [5.41, 5.74) is 9.22. The topological polar surface area (TPSA) is 81.1 Å². The third-order valence-corrected chi connectivity index (χ3v) is 3.80. The summed E-state index contributed by atoms with van der Waals surface area (Å²) in [6.45, 7) is 1.38. The summed E-state index contributed by atoms with van der Waals surface area (Å²) in [5, 5.41) is 7.37. The monoisotopic (exact) mass is 334 g/mol. The molecule has 0 aliphatic carbocycles. The molecular formula is C19H22N6. The number of pyridine rings is 1. The van der Waals surface area contributed by atoms with Gasteiger partial charge in [-0.2, -0.15) is 5.10 Å². The smallest absolute Gasteiger partial charge is 0.188 e. The molecule has 25 heavy (non-hydrogen) atoms. The van der Waals surface area contributed by atoms with E-state index in [4.69, 9.17) is 5.73 Å². The van der Waals surface area contributed by atoms with Crippen molar-refractivity contribution in [3.8, 4) is 5.69 Å². The highest BCUT2D eigenvalue weighted by atomic mass is 15.3. The van der Waals surface area contributed by atoms with Crippen molar-refractivity contribution in [1.29, 1.82) is 0 Å². The second-order valence-electron chi connectivity index (χ2n) is 5.63. The van der Waals surface area contributed by atoms with Crippen LogP contribution >= 0.6 is 0 Å². The third-order valence-electron chi connectivity index (χ3n) is 3.80. The van der Waals surface area contributed by atoms with Crippen LogP contribution in [-0.2, 0) is 12.8 Å². The van der Waals surface area contributed by atoms with Crippen LogP contribution in [0.15, 0.2) is 72.1 Å². The average Bonchev–Trinajstić information content (AvgIpc) is 3.18. The van der Waals surface area contributed by atoms with Crippen molar-refractivity contribution in [2.75, 3.05) is 13.1 Å². The van der Waals surface area contributed by atoms with Gasteiger partial charge in [-0.05, 0) is 42.3 Å². The number of nitrogens with two attached hydrogens (primary N) is 1. The van der Waals surface area contributed by atoms with Crippen molar-refractivity contribution in [3.63, 3.8) is 0 Å². The number of nitrogens with zero attached hydrogens (tertiary/aromatic N) is 4. The lowest BCUT2D eigenvalue weighted by Gasteiger charge is -2.07. The minimum Gasteiger partial charge on any atom is -0.370 e. The summed E-state index contributed by atoms with van der Waals surface area (Å²) in [7, 11) is 0. The van der Waals surface area contributed by atoms with Gasteiger partial charge >= 0.3 is 0 Å². The molecule has 128 valence electrons. The van der Waals surface area contributed by atoms with Crippen molar-refractivity contribution in [2.45, 2.75) is 12.8 Å². The maximum atomic E-state index is 5.90. The van der Waals surface area contributed by atoms with E-state index < -0.39 is 0 Å². The molecule has 0 bridgehead atoms. The fourth-order valence-electron chi connectivity index (χ4n) is 2.46. The SMILES string of the molecule is NC(=NCCc1ccccn1)NCCc1ccc(-n2cccn2)cc1. The Morgan fingerprint density at radius 3 is 2.64 bits per heavy atom. The Bertz CT molecular complexity index is 779. The molecule has 0 aliphatic heterocycles. The van der Waals surface area contributed by atoms with Gasteiger partial charge in [0, 0.05) is 43.8 Å². The van der Waals surface area contributed by atoms with E-state index in [2.05, 4.69) is 44.7 Å². The summed E-state index contributed by atoms with van der Waals surface area (Å²) in [6.07, 6.45) is 7.17. The van der Waals surface area contributed by atoms with Crippen LogP contribution in [0.3, 0.4) is 0 Å². The van der Waals surface area contributed by atoms with E-state index in [1.54, 1.807) is 12.4 Å². The van der Waals surface area contributed by atoms with Crippen LogP contribution < -0.4 is 11.1 Å². The molecule has 1 aromatic carbocycles. The number of hydrogen-bond acceptors (Lipinski definition) is 3. The van der Waals surface area contributed by atoms with Crippen LogP contribution in [-0.4, -0.2) is 33.8 Å². The summed E-state index contributed by atoms with van der Waals surface area (Å²) in [5.74, 6) is 0.476. The Labute approximate surface area is 147 Å². The Morgan fingerprint density at radius 2 is 1.92 bits per heavy atom. The molecule has 0 saturated heterocycles. The molecule has 0 saturated carbocycles. The lowest BCUT2D eigenvalue weighted by molar-refractivity contribution is 0.837. The zero-order valence-corrected chi connectivity index (χ0v) is 14.0. The van der Waals surface area contributed by atoms with E-state index in [1.807, 2.05) is 35.1 Å². The van der Waals surface area contributed by atoms with E-state index >= 15 is 0 Å². The largest absolute Gasteiger partial charge is 0.370 e. The van der Waals surface area contributed by atoms with E-state index in [-0.39, 0.29) is 0 Å². The van der Waals surface area contributed by atoms with Crippen LogP contribution in [0, 0.1) is 0 Å². The standard InChI is InChI=1S/C19H22N6/c20-19(23-14-10-17-4-1-2-11-21-17)22-13-9-16-5-7-18(8-6-16)25-15-3-12-24-25/h1-8,11-12,15H,9-10,13-14H2,(H3,20,22,23). The van der Waals surface area contributed by atoms with Crippen LogP contribution in [0.5, 0.6) is 0 Å². The Morgan fingerprint density at radius 1 is 1.04 bits per heavy atom. The van der Waals surface area contributed by atoms with E-state index in [0.717, 1.165) is 30.8 Å². The van der Waals surface area contributed by atoms with Gasteiger partial charge in [-0.1, -0.05) is 18.2 Å². The van der Waals surface area contributed by atoms with Gasteiger partial charge in [-0.25, -0.2) is 4.68 Å². The number of guanidine groups is 1. The Balaban J connectivity index is 1.40. The molecular weight excluding hydrogens is 312 g/mol. The molecule has 0 unspecified atom stereocenters. The van der Waals surface area contributed by atoms with Crippen molar-refractivity contribution in [2.24, 2.45) is 10.7 Å². The number of nitrogens with one attached hydrogen (secondary N) is 1. The number of aliphatic imine (C=N–C) groups is 1. The molecule has 3 rings (SSSR count). The molecule has 0 fully saturated rings. The van der Waals surface area contributed by atoms with Crippen molar-refractivity contribution < 1.29 is 0 Å². The van der Waals surface area contributed by atoms with E-state index in [0.29, 0.717) is 12.5 Å². The van der Waals surface area contributed by atoms with Crippen molar-refractivity contribution in [3.05, 3.63) is 78.4 Å². The minimum absolute atomic E-state index is 0.476. The summed E-state index contributed by atoms with van der Waals surface area (Å²) in [4.78, 5) is 8.60. The van der Waals surface area contributed by atoms with Gasteiger partial charge < -0.3 is 11.1 Å². The molecule has 0 spiro atoms. The predicted octanol–water partition coefficient (Wildman–Crippen LogP) is 1.96. The van der Waals surface area contributed by atoms with Crippen LogP contribution in [0.25, 0.3) is 5.69 Å². The van der Waals surface area contributed by atoms with Gasteiger partial charge in [0.2, 0.25) is 0 Å². The second kappa shape index (κ2) is 8.63. The summed E-state index contributed by atoms with van der Waals surface area (Å²) < 4.78 is 1.84. The van der Waals surface area contributed by atoms with E-state index in [1.165, 1.54) is 5.56 Å². The first kappa shape index (κ1) is 16.7. The average molecular weight is 334 g/mol. The molecule has 6 nitrogen and oxygen atoms in total. The third kappa shape index (κ3) is 5.17. The number of hydrogen-bond donors (Lipinski definition) is 2. The molecule has 0 aliphatic rings. The van der Waals surface area contributed by atoms with Gasteiger partial charge in [0.1, 0.15) is 0 Å². The fraction of sp³-hybridized carbons (Fsp3) is 0.211. The fourth-order valence-corrected chi connectivity index (χ4v) is 2.46. The first-order chi connectivity index (χ1) is 12.3. The maximum absolute atomic E-state index is 5.90. The molecule has 3 aromatic rings. The first-order valence-corrected chi connectivity index (χ1v) is 8.34. The van der Waals surface area contributed by atoms with E-state index in [9.17, 15) is 0 Å². The van der Waals surface area contributed by atoms with Gasteiger partial charge in [0.15, 0.2) is 5.96 Å². The van der Waals surface area contributed by atoms with Crippen molar-refractivity contribution in [1.82, 2.24) is 20.1 Å². The van der Waals surface area contributed by atoms with Crippen LogP contribution in [0.4, 0.5) is 0 Å². The predicted molar refractivity (Wildman–Crippen MR) is 99.7 cm³/mol. The van der Waals surface area contributed by atoms with Crippen molar-refractivity contribution >= 4 is 5.96 Å². The van der Waals surface area contributed by atoms with Gasteiger partial charge in [0.25, 0.3) is 0 Å². The summed E-state index contributed by atoms with van der Waals surface area (Å²) >= 11 is 0. The number of benzene rings is 1. The molecule has 0 radical (unpaired) electrons. The zero-order valence-electron chi connectivity index (χ0n) is 14.0. The summed E-state index contributed by atoms with van der Waals surface area (Å²) in [6, 6.07) is 16.1. The van der Waals surface area contributed by atoms with Gasteiger partial charge in [-0.15, -0.1) is 0 Å². The normalized spacial score (nSPS) is 11.4. The molecule has 3 N–H and O–H groups in total. The van der Waals surface area contributed by atoms with Gasteiger partial charge in [-0.3, -0.25) is 9.98 Å². The van der Waals surface area contributed by atoms with Crippen LogP contribution in [0.2, 0.25) is 0 Å². The van der Waals surface area contributed by atoms with Gasteiger partial charge in [0.05, 0.1) is 5.69 Å². The maximum Gasteiger partial charge on any atom is 0.188 e. The highest BCUT2D eigenvalue weighted by Gasteiger charge is 1.98. The molecule has 2 heterocycles. The Hall–Kier alpha value is -3.15. The number of aromatic nitrogens is 3. The lowest BCUT2D eigenvalue weighted by atomic mass is 10.1.